The number of nitrogens with zero attached hydrogens (tertiary/aromatic N) is 1. The van der Waals surface area contributed by atoms with E-state index >= 15 is 0 Å². The SMILES string of the molecule is N#Cc1ccc(NC(=O)COCc2ccccc2)cc1. The highest BCUT2D eigenvalue weighted by Crippen LogP contribution is 2.08. The molecular weight excluding hydrogens is 252 g/mol. The number of carbonyl (C=O) groups excluding carboxylic acids is 1. The van der Waals surface area contributed by atoms with Gasteiger partial charge >= 0.3 is 0 Å². The molecule has 0 saturated heterocycles. The van der Waals surface area contributed by atoms with Crippen molar-refractivity contribution in [3.63, 3.8) is 0 Å². The fourth-order valence-corrected chi connectivity index (χ4v) is 1.66. The molecule has 0 aromatic heterocycles. The molecule has 0 aliphatic rings. The van der Waals surface area contributed by atoms with Crippen LogP contribution in [0.15, 0.2) is 54.6 Å². The molecule has 0 spiro atoms. The van der Waals surface area contributed by atoms with Crippen LogP contribution < -0.4 is 5.32 Å². The number of hydrogen-bond donors (Lipinski definition) is 1. The molecule has 2 aromatic rings. The van der Waals surface area contributed by atoms with Crippen LogP contribution in [0.2, 0.25) is 0 Å². The lowest BCUT2D eigenvalue weighted by Gasteiger charge is -2.06. The Morgan fingerprint density at radius 1 is 1.10 bits per heavy atom. The van der Waals surface area contributed by atoms with Crippen molar-refractivity contribution >= 4 is 11.6 Å². The summed E-state index contributed by atoms with van der Waals surface area (Å²) in [4.78, 5) is 11.7. The van der Waals surface area contributed by atoms with Gasteiger partial charge in [-0.25, -0.2) is 0 Å². The van der Waals surface area contributed by atoms with Crippen molar-refractivity contribution in [3.05, 3.63) is 65.7 Å². The maximum atomic E-state index is 11.7. The van der Waals surface area contributed by atoms with Crippen molar-refractivity contribution in [2.75, 3.05) is 11.9 Å². The first-order valence-corrected chi connectivity index (χ1v) is 6.19. The molecule has 100 valence electrons. The van der Waals surface area contributed by atoms with Gasteiger partial charge < -0.3 is 10.1 Å². The van der Waals surface area contributed by atoms with Gasteiger partial charge in [0, 0.05) is 5.69 Å². The molecule has 1 amide bonds. The summed E-state index contributed by atoms with van der Waals surface area (Å²) in [7, 11) is 0. The molecule has 2 rings (SSSR count). The summed E-state index contributed by atoms with van der Waals surface area (Å²) in [5.74, 6) is -0.217. The van der Waals surface area contributed by atoms with Crippen LogP contribution in [0.25, 0.3) is 0 Å². The molecule has 0 aliphatic heterocycles. The number of amides is 1. The maximum absolute atomic E-state index is 11.7. The van der Waals surface area contributed by atoms with Crippen LogP contribution in [0.1, 0.15) is 11.1 Å². The highest BCUT2D eigenvalue weighted by molar-refractivity contribution is 5.91. The molecule has 4 nitrogen and oxygen atoms in total. The summed E-state index contributed by atoms with van der Waals surface area (Å²) in [5.41, 5.74) is 2.24. The van der Waals surface area contributed by atoms with E-state index in [1.807, 2.05) is 36.4 Å². The molecule has 0 heterocycles. The molecule has 0 unspecified atom stereocenters. The summed E-state index contributed by atoms with van der Waals surface area (Å²) in [6.07, 6.45) is 0. The predicted molar refractivity (Wildman–Crippen MR) is 75.9 cm³/mol. The molecule has 1 N–H and O–H groups in total. The Bertz CT molecular complexity index is 601. The van der Waals surface area contributed by atoms with E-state index in [0.29, 0.717) is 17.9 Å². The zero-order chi connectivity index (χ0) is 14.2. The van der Waals surface area contributed by atoms with Crippen molar-refractivity contribution in [2.45, 2.75) is 6.61 Å². The van der Waals surface area contributed by atoms with Crippen molar-refractivity contribution in [3.8, 4) is 6.07 Å². The topological polar surface area (TPSA) is 62.1 Å². The standard InChI is InChI=1S/C16H14N2O2/c17-10-13-6-8-15(9-7-13)18-16(19)12-20-11-14-4-2-1-3-5-14/h1-9H,11-12H2,(H,18,19). The van der Waals surface area contributed by atoms with Gasteiger partial charge in [-0.2, -0.15) is 5.26 Å². The van der Waals surface area contributed by atoms with Gasteiger partial charge in [0.05, 0.1) is 18.2 Å². The normalized spacial score (nSPS) is 9.75. The molecule has 20 heavy (non-hydrogen) atoms. The summed E-state index contributed by atoms with van der Waals surface area (Å²) in [6.45, 7) is 0.399. The zero-order valence-electron chi connectivity index (χ0n) is 10.9. The molecule has 0 aliphatic carbocycles. The van der Waals surface area contributed by atoms with Gasteiger partial charge in [-0.1, -0.05) is 30.3 Å². The van der Waals surface area contributed by atoms with Crippen LogP contribution in [0, 0.1) is 11.3 Å². The van der Waals surface area contributed by atoms with E-state index in [4.69, 9.17) is 10.00 Å². The van der Waals surface area contributed by atoms with E-state index in [2.05, 4.69) is 5.32 Å². The van der Waals surface area contributed by atoms with Crippen LogP contribution in [0.4, 0.5) is 5.69 Å². The van der Waals surface area contributed by atoms with Gasteiger partial charge in [0.2, 0.25) is 5.91 Å². The Balaban J connectivity index is 1.76. The monoisotopic (exact) mass is 266 g/mol. The largest absolute Gasteiger partial charge is 0.367 e. The second-order valence-electron chi connectivity index (χ2n) is 4.22. The molecule has 0 bridgehead atoms. The number of hydrogen-bond acceptors (Lipinski definition) is 3. The van der Waals surface area contributed by atoms with Crippen LogP contribution in [-0.4, -0.2) is 12.5 Å². The first-order chi connectivity index (χ1) is 9.78. The molecule has 0 fully saturated rings. The fourth-order valence-electron chi connectivity index (χ4n) is 1.66. The minimum Gasteiger partial charge on any atom is -0.367 e. The Morgan fingerprint density at radius 3 is 2.45 bits per heavy atom. The molecule has 0 atom stereocenters. The Kier molecular flexibility index (Phi) is 4.87. The summed E-state index contributed by atoms with van der Waals surface area (Å²) in [6, 6.07) is 18.4. The number of ether oxygens (including phenoxy) is 1. The number of nitrogens with one attached hydrogen (secondary N) is 1. The lowest BCUT2D eigenvalue weighted by atomic mass is 10.2. The van der Waals surface area contributed by atoms with Crippen molar-refractivity contribution < 1.29 is 9.53 Å². The number of benzene rings is 2. The predicted octanol–water partition coefficient (Wildman–Crippen LogP) is 2.71. The average Bonchev–Trinajstić information content (AvgIpc) is 2.49. The maximum Gasteiger partial charge on any atom is 0.250 e. The van der Waals surface area contributed by atoms with Crippen molar-refractivity contribution in [1.29, 1.82) is 5.26 Å². The molecule has 0 radical (unpaired) electrons. The minimum atomic E-state index is -0.217. The van der Waals surface area contributed by atoms with Gasteiger partial charge in [0.15, 0.2) is 0 Å². The van der Waals surface area contributed by atoms with Crippen LogP contribution in [0.3, 0.4) is 0 Å². The Labute approximate surface area is 117 Å². The van der Waals surface area contributed by atoms with Gasteiger partial charge in [-0.3, -0.25) is 4.79 Å². The third kappa shape index (κ3) is 4.23. The van der Waals surface area contributed by atoms with Crippen molar-refractivity contribution in [2.24, 2.45) is 0 Å². The van der Waals surface area contributed by atoms with E-state index in [9.17, 15) is 4.79 Å². The van der Waals surface area contributed by atoms with E-state index in [-0.39, 0.29) is 12.5 Å². The summed E-state index contributed by atoms with van der Waals surface area (Å²) in [5, 5.41) is 11.4. The number of anilines is 1. The van der Waals surface area contributed by atoms with E-state index < -0.39 is 0 Å². The lowest BCUT2D eigenvalue weighted by molar-refractivity contribution is -0.121. The highest BCUT2D eigenvalue weighted by Gasteiger charge is 2.03. The minimum absolute atomic E-state index is 0.00506. The molecule has 4 heteroatoms. The Hall–Kier alpha value is -2.64. The first-order valence-electron chi connectivity index (χ1n) is 6.19. The zero-order valence-corrected chi connectivity index (χ0v) is 10.9. The first kappa shape index (κ1) is 13.8. The van der Waals surface area contributed by atoms with E-state index in [1.165, 1.54) is 0 Å². The van der Waals surface area contributed by atoms with Crippen LogP contribution in [-0.2, 0) is 16.1 Å². The smallest absolute Gasteiger partial charge is 0.250 e. The highest BCUT2D eigenvalue weighted by atomic mass is 16.5. The van der Waals surface area contributed by atoms with Gasteiger partial charge in [-0.05, 0) is 29.8 Å². The second-order valence-corrected chi connectivity index (χ2v) is 4.22. The van der Waals surface area contributed by atoms with Gasteiger partial charge in [-0.15, -0.1) is 0 Å². The van der Waals surface area contributed by atoms with Crippen LogP contribution in [0.5, 0.6) is 0 Å². The summed E-state index contributed by atoms with van der Waals surface area (Å²) < 4.78 is 5.33. The molecular formula is C16H14N2O2. The Morgan fingerprint density at radius 2 is 1.80 bits per heavy atom. The van der Waals surface area contributed by atoms with E-state index in [1.54, 1.807) is 24.3 Å². The second kappa shape index (κ2) is 7.07. The lowest BCUT2D eigenvalue weighted by Crippen LogP contribution is -2.18. The average molecular weight is 266 g/mol. The fraction of sp³-hybridized carbons (Fsp3) is 0.125. The summed E-state index contributed by atoms with van der Waals surface area (Å²) >= 11 is 0. The number of rotatable bonds is 5. The van der Waals surface area contributed by atoms with Gasteiger partial charge in [0.1, 0.15) is 6.61 Å². The molecule has 0 saturated carbocycles. The third-order valence-corrected chi connectivity index (χ3v) is 2.64. The number of nitriles is 1. The van der Waals surface area contributed by atoms with E-state index in [0.717, 1.165) is 5.56 Å². The quantitative estimate of drug-likeness (QED) is 0.905. The van der Waals surface area contributed by atoms with Crippen LogP contribution >= 0.6 is 0 Å². The van der Waals surface area contributed by atoms with Crippen molar-refractivity contribution in [1.82, 2.24) is 0 Å². The number of carbonyl (C=O) groups is 1. The van der Waals surface area contributed by atoms with Gasteiger partial charge in [0.25, 0.3) is 0 Å². The molecule has 2 aromatic carbocycles. The third-order valence-electron chi connectivity index (χ3n) is 2.64.